The van der Waals surface area contributed by atoms with E-state index in [4.69, 9.17) is 27.3 Å². The first-order valence-corrected chi connectivity index (χ1v) is 4.49. The van der Waals surface area contributed by atoms with Crippen LogP contribution in [0.3, 0.4) is 0 Å². The van der Waals surface area contributed by atoms with Crippen molar-refractivity contribution in [1.82, 2.24) is 0 Å². The quantitative estimate of drug-likeness (QED) is 0.249. The molecule has 0 aliphatic rings. The van der Waals surface area contributed by atoms with Gasteiger partial charge in [0, 0.05) is 0 Å². The Kier molecular flexibility index (Phi) is 6.31. The van der Waals surface area contributed by atoms with Gasteiger partial charge in [-0.2, -0.15) is 16.8 Å². The van der Waals surface area contributed by atoms with Crippen molar-refractivity contribution < 1.29 is 45.1 Å². The van der Waals surface area contributed by atoms with Crippen molar-refractivity contribution in [2.45, 2.75) is 0 Å². The first kappa shape index (κ1) is 14.2. The molecule has 12 heavy (non-hydrogen) atoms. The van der Waals surface area contributed by atoms with Crippen LogP contribution in [-0.4, -0.2) is 35.8 Å². The highest BCUT2D eigenvalue weighted by Gasteiger charge is 2.02. The van der Waals surface area contributed by atoms with E-state index in [-0.39, 0.29) is 0 Å². The van der Waals surface area contributed by atoms with Gasteiger partial charge in [-0.1, -0.05) is 9.37 Å². The highest BCUT2D eigenvalue weighted by Crippen LogP contribution is 1.81. The Hall–Kier alpha value is -0.340. The van der Waals surface area contributed by atoms with E-state index in [1.54, 1.807) is 0 Å². The van der Waals surface area contributed by atoms with Crippen LogP contribution in [0.1, 0.15) is 0 Å². The van der Waals surface area contributed by atoms with E-state index in [0.29, 0.717) is 0 Å². The Balaban J connectivity index is 0. The molecule has 4 N–H and O–H groups in total. The molecule has 0 rings (SSSR count). The zero-order valence-corrected chi connectivity index (χ0v) is 6.69. The van der Waals surface area contributed by atoms with E-state index in [2.05, 4.69) is 9.37 Å². The number of hydrogen-bond acceptors (Lipinski definition) is 7. The van der Waals surface area contributed by atoms with Crippen molar-refractivity contribution in [1.29, 1.82) is 0 Å². The highest BCUT2D eigenvalue weighted by atomic mass is 32.3. The monoisotopic (exact) mass is 228 g/mol. The van der Waals surface area contributed by atoms with Crippen LogP contribution in [0.25, 0.3) is 0 Å². The second-order valence-electron chi connectivity index (χ2n) is 1.02. The third-order valence-electron chi connectivity index (χ3n) is 0.116. The molecule has 0 aromatic carbocycles. The molecule has 0 radical (unpaired) electrons. The van der Waals surface area contributed by atoms with Crippen molar-refractivity contribution in [3.8, 4) is 0 Å². The summed E-state index contributed by atoms with van der Waals surface area (Å²) in [6.07, 6.45) is 0. The molecule has 0 saturated carbocycles. The summed E-state index contributed by atoms with van der Waals surface area (Å²) >= 11 is 0. The van der Waals surface area contributed by atoms with Gasteiger partial charge in [0.25, 0.3) is 0 Å². The van der Waals surface area contributed by atoms with Crippen LogP contribution < -0.4 is 0 Å². The minimum atomic E-state index is -4.67. The van der Waals surface area contributed by atoms with Gasteiger partial charge in [-0.15, -0.1) is 0 Å². The largest absolute Gasteiger partial charge is 0.426 e. The lowest BCUT2D eigenvalue weighted by atomic mass is 14.6. The number of rotatable bonds is 2. The van der Waals surface area contributed by atoms with Crippen molar-refractivity contribution in [2.24, 2.45) is 0 Å². The third kappa shape index (κ3) is 54.1. The van der Waals surface area contributed by atoms with E-state index in [9.17, 15) is 8.42 Å². The fraction of sp³-hybridized carbons (Fsp3) is 0. The van der Waals surface area contributed by atoms with Crippen LogP contribution in [0.15, 0.2) is 0 Å². The summed E-state index contributed by atoms with van der Waals surface area (Å²) in [4.78, 5) is 0. The molecule has 0 aromatic rings. The normalized spacial score (nSPS) is 11.7. The number of hydrogen-bond donors (Lipinski definition) is 4. The van der Waals surface area contributed by atoms with Crippen molar-refractivity contribution in [3.63, 3.8) is 0 Å². The van der Waals surface area contributed by atoms with Crippen molar-refractivity contribution in [2.75, 3.05) is 0 Å². The van der Waals surface area contributed by atoms with Crippen LogP contribution in [0.2, 0.25) is 0 Å². The highest BCUT2D eigenvalue weighted by molar-refractivity contribution is 7.80. The lowest BCUT2D eigenvalue weighted by Crippen LogP contribution is -2.01. The van der Waals surface area contributed by atoms with Gasteiger partial charge in [-0.3, -0.25) is 13.7 Å². The predicted molar refractivity (Wildman–Crippen MR) is 30.5 cm³/mol. The van der Waals surface area contributed by atoms with Crippen molar-refractivity contribution in [3.05, 3.63) is 0 Å². The zero-order valence-electron chi connectivity index (χ0n) is 5.05. The smallest absolute Gasteiger partial charge is 0.264 e. The zero-order chi connectivity index (χ0) is 10.4. The Morgan fingerprint density at radius 3 is 1.17 bits per heavy atom. The molecule has 0 aromatic heterocycles. The third-order valence-corrected chi connectivity index (χ3v) is 0.349. The fourth-order valence-corrected chi connectivity index (χ4v) is 0.115. The van der Waals surface area contributed by atoms with Gasteiger partial charge >= 0.3 is 20.8 Å². The summed E-state index contributed by atoms with van der Waals surface area (Å²) in [5.74, 6) is 0. The Morgan fingerprint density at radius 2 is 1.17 bits per heavy atom. The van der Waals surface area contributed by atoms with Crippen LogP contribution in [0.4, 0.5) is 0 Å². The van der Waals surface area contributed by atoms with Gasteiger partial charge in [0.2, 0.25) is 0 Å². The average molecular weight is 228 g/mol. The molecular formula is H4O10S2. The summed E-state index contributed by atoms with van der Waals surface area (Å²) in [7, 11) is -9.31. The van der Waals surface area contributed by atoms with Crippen LogP contribution in [0.5, 0.6) is 0 Å². The first-order valence-electron chi connectivity index (χ1n) is 1.73. The van der Waals surface area contributed by atoms with E-state index in [1.807, 2.05) is 0 Å². The van der Waals surface area contributed by atoms with Gasteiger partial charge in [-0.25, -0.2) is 5.26 Å². The maximum absolute atomic E-state index is 9.28. The minimum absolute atomic E-state index is 2.57. The van der Waals surface area contributed by atoms with Crippen LogP contribution in [-0.2, 0) is 30.2 Å². The lowest BCUT2D eigenvalue weighted by Gasteiger charge is -1.85. The standard InChI is InChI=1S/H2O6S.H2O4S/c1-5-6-7(2,3)4;1-5(2,3)4/h1H,(H,2,3,4);(H2,1,2,3,4). The molecule has 0 heterocycles. The fourth-order valence-electron chi connectivity index (χ4n) is 0.0385. The van der Waals surface area contributed by atoms with Gasteiger partial charge in [-0.05, 0) is 0 Å². The van der Waals surface area contributed by atoms with Crippen molar-refractivity contribution >= 4 is 20.8 Å². The molecule has 76 valence electrons. The topological polar surface area (TPSA) is 168 Å². The molecule has 0 aliphatic heterocycles. The Bertz CT molecular complexity index is 268. The van der Waals surface area contributed by atoms with Gasteiger partial charge in [0.05, 0.1) is 0 Å². The van der Waals surface area contributed by atoms with E-state index >= 15 is 0 Å². The molecule has 0 bridgehead atoms. The molecule has 0 atom stereocenters. The average Bonchev–Trinajstić information content (AvgIpc) is 1.54. The van der Waals surface area contributed by atoms with E-state index < -0.39 is 20.8 Å². The minimum Gasteiger partial charge on any atom is -0.264 e. The molecule has 0 spiro atoms. The van der Waals surface area contributed by atoms with Gasteiger partial charge < -0.3 is 0 Å². The molecular weight excluding hydrogens is 224 g/mol. The molecule has 0 saturated heterocycles. The second kappa shape index (κ2) is 5.33. The SMILES string of the molecule is O=S(=O)(O)O.O=S(=O)(O)OOO. The summed E-state index contributed by atoms with van der Waals surface area (Å²) in [6.45, 7) is 0. The molecule has 0 aliphatic carbocycles. The maximum Gasteiger partial charge on any atom is 0.426 e. The summed E-state index contributed by atoms with van der Waals surface area (Å²) in [5, 5.41) is 9.71. The van der Waals surface area contributed by atoms with Crippen LogP contribution >= 0.6 is 0 Å². The molecule has 0 amide bonds. The molecule has 0 fully saturated rings. The van der Waals surface area contributed by atoms with E-state index in [1.165, 1.54) is 0 Å². The summed E-state index contributed by atoms with van der Waals surface area (Å²) in [6, 6.07) is 0. The Morgan fingerprint density at radius 1 is 0.917 bits per heavy atom. The molecule has 12 heteroatoms. The van der Waals surface area contributed by atoms with Crippen LogP contribution in [0, 0.1) is 0 Å². The molecule has 10 nitrogen and oxygen atoms in total. The summed E-state index contributed by atoms with van der Waals surface area (Å²) in [5.41, 5.74) is 0. The second-order valence-corrected chi connectivity index (χ2v) is 2.91. The molecule has 0 unspecified atom stereocenters. The summed E-state index contributed by atoms with van der Waals surface area (Å²) < 4.78 is 60.4. The predicted octanol–water partition coefficient (Wildman–Crippen LogP) is -1.44. The van der Waals surface area contributed by atoms with Gasteiger partial charge in [0.15, 0.2) is 0 Å². The maximum atomic E-state index is 9.28. The van der Waals surface area contributed by atoms with Gasteiger partial charge in [0.1, 0.15) is 0 Å². The Labute approximate surface area is 66.7 Å². The lowest BCUT2D eigenvalue weighted by molar-refractivity contribution is -0.439. The first-order chi connectivity index (χ1) is 5.06. The van der Waals surface area contributed by atoms with E-state index in [0.717, 1.165) is 0 Å².